The molecule has 0 radical (unpaired) electrons. The van der Waals surface area contributed by atoms with Gasteiger partial charge in [0.1, 0.15) is 5.75 Å². The maximum Gasteiger partial charge on any atom is 0.318 e. The smallest absolute Gasteiger partial charge is 0.318 e. The molecule has 3 N–H and O–H groups in total. The second-order valence-electron chi connectivity index (χ2n) is 3.13. The van der Waals surface area contributed by atoms with Crippen LogP contribution >= 0.6 is 11.6 Å². The summed E-state index contributed by atoms with van der Waals surface area (Å²) in [6.45, 7) is 1.55. The van der Waals surface area contributed by atoms with Crippen LogP contribution < -0.4 is 15.8 Å². The Morgan fingerprint density at radius 1 is 1.50 bits per heavy atom. The van der Waals surface area contributed by atoms with Crippen LogP contribution in [0.5, 0.6) is 5.75 Å². The van der Waals surface area contributed by atoms with Crippen LogP contribution in [0.4, 0.5) is 4.79 Å². The summed E-state index contributed by atoms with van der Waals surface area (Å²) in [7, 11) is 0. The fourth-order valence-electron chi connectivity index (χ4n) is 1.04. The number of carbonyl (C=O) groups excluding carboxylic acids is 2. The molecular formula is C10H11ClN2O3. The third-order valence-electron chi connectivity index (χ3n) is 1.71. The third-order valence-corrected chi connectivity index (χ3v) is 2.02. The van der Waals surface area contributed by atoms with Gasteiger partial charge in [-0.2, -0.15) is 0 Å². The fraction of sp³-hybridized carbons (Fsp3) is 0.200. The molecule has 3 amide bonds. The topological polar surface area (TPSA) is 81.4 Å². The maximum atomic E-state index is 11.0. The Labute approximate surface area is 97.5 Å². The van der Waals surface area contributed by atoms with E-state index in [0.29, 0.717) is 10.8 Å². The quantitative estimate of drug-likeness (QED) is 0.836. The van der Waals surface area contributed by atoms with Crippen LogP contribution in [0.1, 0.15) is 5.56 Å². The van der Waals surface area contributed by atoms with E-state index in [4.69, 9.17) is 22.1 Å². The van der Waals surface area contributed by atoms with Crippen molar-refractivity contribution in [3.05, 3.63) is 28.8 Å². The standard InChI is InChI=1S/C10H11ClN2O3/c1-6-2-3-7(11)8(4-6)16-5-9(14)13-10(12)15/h2-4H,5H2,1H3,(H3,12,13,14,15). The number of benzene rings is 1. The highest BCUT2D eigenvalue weighted by Gasteiger charge is 2.07. The molecule has 0 aliphatic carbocycles. The van der Waals surface area contributed by atoms with E-state index < -0.39 is 11.9 Å². The van der Waals surface area contributed by atoms with Crippen molar-refractivity contribution in [1.82, 2.24) is 5.32 Å². The molecule has 0 atom stereocenters. The van der Waals surface area contributed by atoms with Crippen molar-refractivity contribution in [2.75, 3.05) is 6.61 Å². The van der Waals surface area contributed by atoms with Gasteiger partial charge in [-0.15, -0.1) is 0 Å². The van der Waals surface area contributed by atoms with Gasteiger partial charge >= 0.3 is 6.03 Å². The molecule has 0 aromatic heterocycles. The maximum absolute atomic E-state index is 11.0. The number of nitrogens with two attached hydrogens (primary N) is 1. The largest absolute Gasteiger partial charge is 0.482 e. The van der Waals surface area contributed by atoms with Crippen molar-refractivity contribution in [1.29, 1.82) is 0 Å². The number of primary amides is 1. The van der Waals surface area contributed by atoms with Crippen molar-refractivity contribution in [3.8, 4) is 5.75 Å². The van der Waals surface area contributed by atoms with Gasteiger partial charge < -0.3 is 10.5 Å². The molecule has 0 bridgehead atoms. The first kappa shape index (κ1) is 12.3. The fourth-order valence-corrected chi connectivity index (χ4v) is 1.21. The highest BCUT2D eigenvalue weighted by molar-refractivity contribution is 6.32. The van der Waals surface area contributed by atoms with Gasteiger partial charge in [0.2, 0.25) is 0 Å². The Morgan fingerprint density at radius 2 is 2.19 bits per heavy atom. The summed E-state index contributed by atoms with van der Waals surface area (Å²) in [4.78, 5) is 21.4. The number of carbonyl (C=O) groups is 2. The average molecular weight is 243 g/mol. The predicted molar refractivity (Wildman–Crippen MR) is 59.4 cm³/mol. The van der Waals surface area contributed by atoms with Gasteiger partial charge in [0, 0.05) is 0 Å². The molecule has 1 aromatic rings. The number of urea groups is 1. The van der Waals surface area contributed by atoms with E-state index in [-0.39, 0.29) is 6.61 Å². The summed E-state index contributed by atoms with van der Waals surface area (Å²) >= 11 is 5.84. The van der Waals surface area contributed by atoms with Crippen molar-refractivity contribution >= 4 is 23.5 Å². The molecule has 1 rings (SSSR count). The Kier molecular flexibility index (Phi) is 4.13. The van der Waals surface area contributed by atoms with E-state index in [1.54, 1.807) is 12.1 Å². The molecule has 0 spiro atoms. The van der Waals surface area contributed by atoms with E-state index in [0.717, 1.165) is 5.56 Å². The van der Waals surface area contributed by atoms with Crippen LogP contribution in [0.25, 0.3) is 0 Å². The minimum absolute atomic E-state index is 0.313. The van der Waals surface area contributed by atoms with Crippen LogP contribution in [0.2, 0.25) is 5.02 Å². The van der Waals surface area contributed by atoms with Crippen LogP contribution in [0.15, 0.2) is 18.2 Å². The molecule has 0 unspecified atom stereocenters. The molecular weight excluding hydrogens is 232 g/mol. The average Bonchev–Trinajstić information content (AvgIpc) is 2.18. The Hall–Kier alpha value is -1.75. The minimum Gasteiger partial charge on any atom is -0.482 e. The van der Waals surface area contributed by atoms with Gasteiger partial charge in [0.15, 0.2) is 6.61 Å². The molecule has 0 aliphatic rings. The number of ether oxygens (including phenoxy) is 1. The highest BCUT2D eigenvalue weighted by atomic mass is 35.5. The third kappa shape index (κ3) is 3.78. The summed E-state index contributed by atoms with van der Waals surface area (Å²) in [6, 6.07) is 4.26. The molecule has 6 heteroatoms. The van der Waals surface area contributed by atoms with Crippen molar-refractivity contribution in [2.45, 2.75) is 6.92 Å². The molecule has 0 saturated heterocycles. The van der Waals surface area contributed by atoms with Gasteiger partial charge in [-0.05, 0) is 24.6 Å². The van der Waals surface area contributed by atoms with Gasteiger partial charge in [-0.1, -0.05) is 17.7 Å². The first-order valence-electron chi connectivity index (χ1n) is 4.47. The number of nitrogens with one attached hydrogen (secondary N) is 1. The Morgan fingerprint density at radius 3 is 2.81 bits per heavy atom. The monoisotopic (exact) mass is 242 g/mol. The first-order valence-corrected chi connectivity index (χ1v) is 4.85. The molecule has 0 heterocycles. The number of hydrogen-bond acceptors (Lipinski definition) is 3. The van der Waals surface area contributed by atoms with Crippen LogP contribution in [0, 0.1) is 6.92 Å². The van der Waals surface area contributed by atoms with Crippen LogP contribution in [-0.4, -0.2) is 18.5 Å². The van der Waals surface area contributed by atoms with Crippen LogP contribution in [0.3, 0.4) is 0 Å². The summed E-state index contributed by atoms with van der Waals surface area (Å²) < 4.78 is 5.13. The molecule has 5 nitrogen and oxygen atoms in total. The Balaban J connectivity index is 2.57. The second-order valence-corrected chi connectivity index (χ2v) is 3.54. The highest BCUT2D eigenvalue weighted by Crippen LogP contribution is 2.24. The zero-order chi connectivity index (χ0) is 12.1. The van der Waals surface area contributed by atoms with Gasteiger partial charge in [-0.3, -0.25) is 10.1 Å². The van der Waals surface area contributed by atoms with Gasteiger partial charge in [-0.25, -0.2) is 4.79 Å². The lowest BCUT2D eigenvalue weighted by Crippen LogP contribution is -2.38. The van der Waals surface area contributed by atoms with Crippen LogP contribution in [-0.2, 0) is 4.79 Å². The van der Waals surface area contributed by atoms with Crippen molar-refractivity contribution in [2.24, 2.45) is 5.73 Å². The summed E-state index contributed by atoms with van der Waals surface area (Å²) in [5.41, 5.74) is 5.72. The number of amides is 3. The SMILES string of the molecule is Cc1ccc(Cl)c(OCC(=O)NC(N)=O)c1. The lowest BCUT2D eigenvalue weighted by Gasteiger charge is -2.07. The lowest BCUT2D eigenvalue weighted by atomic mass is 10.2. The van der Waals surface area contributed by atoms with Crippen molar-refractivity contribution in [3.63, 3.8) is 0 Å². The van der Waals surface area contributed by atoms with Gasteiger partial charge in [0.05, 0.1) is 5.02 Å². The summed E-state index contributed by atoms with van der Waals surface area (Å²) in [5.74, 6) is -0.230. The Bertz CT molecular complexity index is 421. The number of halogens is 1. The number of rotatable bonds is 3. The number of imide groups is 1. The zero-order valence-electron chi connectivity index (χ0n) is 8.62. The van der Waals surface area contributed by atoms with Gasteiger partial charge in [0.25, 0.3) is 5.91 Å². The minimum atomic E-state index is -0.913. The first-order chi connectivity index (χ1) is 7.49. The number of hydrogen-bond donors (Lipinski definition) is 2. The van der Waals surface area contributed by atoms with Crippen molar-refractivity contribution < 1.29 is 14.3 Å². The lowest BCUT2D eigenvalue weighted by molar-refractivity contribution is -0.121. The predicted octanol–water partition coefficient (Wildman–Crippen LogP) is 1.22. The molecule has 16 heavy (non-hydrogen) atoms. The normalized spacial score (nSPS) is 9.62. The van der Waals surface area contributed by atoms with E-state index >= 15 is 0 Å². The van der Waals surface area contributed by atoms with E-state index in [9.17, 15) is 9.59 Å². The molecule has 0 fully saturated rings. The van der Waals surface area contributed by atoms with E-state index in [2.05, 4.69) is 0 Å². The molecule has 0 aliphatic heterocycles. The summed E-state index contributed by atoms with van der Waals surface area (Å²) in [5, 5.41) is 2.28. The molecule has 86 valence electrons. The molecule has 0 saturated carbocycles. The van der Waals surface area contributed by atoms with E-state index in [1.165, 1.54) is 0 Å². The summed E-state index contributed by atoms with van der Waals surface area (Å²) in [6.07, 6.45) is 0. The second kappa shape index (κ2) is 5.37. The molecule has 1 aromatic carbocycles. The van der Waals surface area contributed by atoms with E-state index in [1.807, 2.05) is 18.3 Å². The zero-order valence-corrected chi connectivity index (χ0v) is 9.38. The number of aryl methyl sites for hydroxylation is 1.